The number of aromatic nitrogens is 3. The molecule has 206 valence electrons. The molecule has 41 heavy (non-hydrogen) atoms. The van der Waals surface area contributed by atoms with Crippen molar-refractivity contribution in [3.8, 4) is 17.1 Å². The van der Waals surface area contributed by atoms with Gasteiger partial charge in [-0.3, -0.25) is 4.79 Å². The van der Waals surface area contributed by atoms with E-state index in [1.807, 2.05) is 72.3 Å². The number of rotatable bonds is 12. The van der Waals surface area contributed by atoms with Crippen molar-refractivity contribution in [2.24, 2.45) is 0 Å². The first-order valence-electron chi connectivity index (χ1n) is 13.3. The number of carboxylic acids is 1. The Morgan fingerprint density at radius 2 is 1.54 bits per heavy atom. The first-order valence-corrected chi connectivity index (χ1v) is 13.3. The van der Waals surface area contributed by atoms with Gasteiger partial charge in [-0.15, -0.1) is 0 Å². The van der Waals surface area contributed by atoms with Gasteiger partial charge in [0.1, 0.15) is 24.2 Å². The molecule has 0 spiro atoms. The number of nitrogens with one attached hydrogen (secondary N) is 1. The van der Waals surface area contributed by atoms with Gasteiger partial charge in [-0.2, -0.15) is 5.10 Å². The number of carboxylic acid groups (broad SMARTS) is 1. The summed E-state index contributed by atoms with van der Waals surface area (Å²) in [5, 5.41) is 17.6. The van der Waals surface area contributed by atoms with Gasteiger partial charge in [0.25, 0.3) is 0 Å². The Balaban J connectivity index is 1.19. The van der Waals surface area contributed by atoms with Crippen molar-refractivity contribution in [2.45, 2.75) is 25.9 Å². The lowest BCUT2D eigenvalue weighted by Crippen LogP contribution is -2.32. The number of hydrogen-bond acceptors (Lipinski definition) is 6. The van der Waals surface area contributed by atoms with Crippen LogP contribution in [0.4, 0.5) is 5.69 Å². The molecule has 8 heteroatoms. The van der Waals surface area contributed by atoms with E-state index in [4.69, 9.17) is 4.74 Å². The molecular formula is C33H30N4O4. The van der Waals surface area contributed by atoms with Crippen molar-refractivity contribution >= 4 is 17.4 Å². The minimum absolute atomic E-state index is 0.170. The van der Waals surface area contributed by atoms with Crippen molar-refractivity contribution in [3.63, 3.8) is 0 Å². The zero-order valence-electron chi connectivity index (χ0n) is 22.6. The van der Waals surface area contributed by atoms with E-state index in [0.29, 0.717) is 41.5 Å². The highest BCUT2D eigenvalue weighted by Gasteiger charge is 2.21. The number of hydrogen-bond donors (Lipinski definition) is 2. The second-order valence-corrected chi connectivity index (χ2v) is 9.54. The van der Waals surface area contributed by atoms with Crippen molar-refractivity contribution in [2.75, 3.05) is 11.9 Å². The van der Waals surface area contributed by atoms with E-state index in [-0.39, 0.29) is 12.2 Å². The average molecular weight is 547 g/mol. The Morgan fingerprint density at radius 1 is 0.878 bits per heavy atom. The molecule has 4 aromatic carbocycles. The lowest BCUT2D eigenvalue weighted by atomic mass is 10.00. The normalized spacial score (nSPS) is 11.5. The third-order valence-electron chi connectivity index (χ3n) is 6.66. The molecule has 0 aliphatic rings. The number of nitrogens with zero attached hydrogens (tertiary/aromatic N) is 3. The van der Waals surface area contributed by atoms with E-state index in [9.17, 15) is 14.7 Å². The van der Waals surface area contributed by atoms with Crippen LogP contribution in [0.1, 0.15) is 27.3 Å². The Labute approximate surface area is 238 Å². The zero-order valence-corrected chi connectivity index (χ0v) is 22.6. The minimum atomic E-state index is -1.01. The highest BCUT2D eigenvalue weighted by molar-refractivity contribution is 6.12. The quantitative estimate of drug-likeness (QED) is 0.194. The van der Waals surface area contributed by atoms with Gasteiger partial charge >= 0.3 is 5.97 Å². The molecule has 0 saturated carbocycles. The summed E-state index contributed by atoms with van der Waals surface area (Å²) in [7, 11) is 0. The fraction of sp³-hybridized carbons (Fsp3) is 0.152. The van der Waals surface area contributed by atoms with E-state index in [2.05, 4.69) is 15.4 Å². The number of ether oxygens (including phenoxy) is 1. The summed E-state index contributed by atoms with van der Waals surface area (Å²) < 4.78 is 7.73. The third-order valence-corrected chi connectivity index (χ3v) is 6.66. The van der Waals surface area contributed by atoms with Gasteiger partial charge in [-0.25, -0.2) is 14.5 Å². The molecule has 0 aliphatic heterocycles. The molecule has 2 N–H and O–H groups in total. The predicted octanol–water partition coefficient (Wildman–Crippen LogP) is 5.67. The molecule has 1 aromatic heterocycles. The maximum absolute atomic E-state index is 13.1. The molecule has 1 atom stereocenters. The second kappa shape index (κ2) is 12.7. The van der Waals surface area contributed by atoms with Gasteiger partial charge in [0.15, 0.2) is 11.6 Å². The summed E-state index contributed by atoms with van der Waals surface area (Å²) in [5.41, 5.74) is 3.23. The number of carbonyl (C=O) groups excluding carboxylic acids is 1. The van der Waals surface area contributed by atoms with Gasteiger partial charge in [0, 0.05) is 28.8 Å². The Kier molecular flexibility index (Phi) is 8.49. The number of anilines is 1. The van der Waals surface area contributed by atoms with Crippen LogP contribution in [0.3, 0.4) is 0 Å². The van der Waals surface area contributed by atoms with Crippen LogP contribution in [-0.2, 0) is 17.8 Å². The maximum atomic E-state index is 13.1. The molecule has 0 aliphatic carbocycles. The van der Waals surface area contributed by atoms with Gasteiger partial charge in [0.05, 0.1) is 6.54 Å². The summed E-state index contributed by atoms with van der Waals surface area (Å²) in [4.78, 5) is 29.7. The van der Waals surface area contributed by atoms with E-state index in [0.717, 1.165) is 17.0 Å². The van der Waals surface area contributed by atoms with Crippen LogP contribution in [0.2, 0.25) is 0 Å². The van der Waals surface area contributed by atoms with E-state index in [1.165, 1.54) is 0 Å². The fourth-order valence-corrected chi connectivity index (χ4v) is 4.49. The topological polar surface area (TPSA) is 106 Å². The number of benzene rings is 4. The molecule has 0 radical (unpaired) electrons. The summed E-state index contributed by atoms with van der Waals surface area (Å²) >= 11 is 0. The van der Waals surface area contributed by atoms with Crippen LogP contribution in [-0.4, -0.2) is 44.3 Å². The number of ketones is 1. The van der Waals surface area contributed by atoms with Crippen LogP contribution in [0.5, 0.6) is 5.75 Å². The second-order valence-electron chi connectivity index (χ2n) is 9.54. The molecule has 0 amide bonds. The Bertz CT molecular complexity index is 1620. The van der Waals surface area contributed by atoms with Crippen LogP contribution >= 0.6 is 0 Å². The lowest BCUT2D eigenvalue weighted by Gasteiger charge is -2.18. The molecular weight excluding hydrogens is 516 g/mol. The van der Waals surface area contributed by atoms with Gasteiger partial charge in [0.2, 0.25) is 0 Å². The van der Waals surface area contributed by atoms with Crippen molar-refractivity contribution < 1.29 is 19.4 Å². The van der Waals surface area contributed by atoms with Crippen molar-refractivity contribution in [1.29, 1.82) is 0 Å². The van der Waals surface area contributed by atoms with Crippen LogP contribution in [0.25, 0.3) is 11.4 Å². The predicted molar refractivity (Wildman–Crippen MR) is 157 cm³/mol. The van der Waals surface area contributed by atoms with Gasteiger partial charge in [-0.1, -0.05) is 84.9 Å². The smallest absolute Gasteiger partial charge is 0.326 e. The van der Waals surface area contributed by atoms with Crippen molar-refractivity contribution in [1.82, 2.24) is 14.8 Å². The zero-order chi connectivity index (χ0) is 28.6. The Morgan fingerprint density at radius 3 is 2.24 bits per heavy atom. The number of para-hydroxylation sites is 1. The SMILES string of the molecule is Cc1nc(-c2ccccc2)nn1CCOc1ccc(C[C@H](Nc2ccccc2C(=O)c2ccccc2)C(=O)O)cc1. The lowest BCUT2D eigenvalue weighted by molar-refractivity contribution is -0.137. The molecule has 8 nitrogen and oxygen atoms in total. The highest BCUT2D eigenvalue weighted by Crippen LogP contribution is 2.22. The molecule has 0 unspecified atom stereocenters. The summed E-state index contributed by atoms with van der Waals surface area (Å²) in [5.74, 6) is 0.985. The molecule has 0 fully saturated rings. The number of aliphatic carboxylic acids is 1. The largest absolute Gasteiger partial charge is 0.492 e. The molecule has 1 heterocycles. The fourth-order valence-electron chi connectivity index (χ4n) is 4.49. The summed E-state index contributed by atoms with van der Waals surface area (Å²) in [6.07, 6.45) is 0.226. The van der Waals surface area contributed by atoms with Crippen LogP contribution < -0.4 is 10.1 Å². The summed E-state index contributed by atoms with van der Waals surface area (Å²) in [6, 6.07) is 32.1. The molecule has 0 bridgehead atoms. The highest BCUT2D eigenvalue weighted by atomic mass is 16.5. The third kappa shape index (κ3) is 6.86. The number of aryl methyl sites for hydroxylation is 1. The van der Waals surface area contributed by atoms with Gasteiger partial charge in [-0.05, 0) is 36.8 Å². The van der Waals surface area contributed by atoms with Crippen molar-refractivity contribution in [3.05, 3.63) is 132 Å². The van der Waals surface area contributed by atoms with E-state index < -0.39 is 12.0 Å². The Hall–Kier alpha value is -5.24. The number of carbonyl (C=O) groups is 2. The average Bonchev–Trinajstić information content (AvgIpc) is 3.38. The van der Waals surface area contributed by atoms with E-state index >= 15 is 0 Å². The first kappa shape index (κ1) is 27.3. The minimum Gasteiger partial charge on any atom is -0.492 e. The maximum Gasteiger partial charge on any atom is 0.326 e. The van der Waals surface area contributed by atoms with Crippen LogP contribution in [0, 0.1) is 6.92 Å². The van der Waals surface area contributed by atoms with Gasteiger partial charge < -0.3 is 15.2 Å². The first-order chi connectivity index (χ1) is 20.0. The molecule has 0 saturated heterocycles. The van der Waals surface area contributed by atoms with E-state index in [1.54, 1.807) is 48.5 Å². The standard InChI is InChI=1S/C33H30N4O4/c1-23-34-32(26-12-6-3-7-13-26)36-37(23)20-21-41-27-18-16-24(17-19-27)22-30(33(39)40)35-29-15-9-8-14-28(29)31(38)25-10-4-2-5-11-25/h2-19,30,35H,20-22H2,1H3,(H,39,40)/t30-/m0/s1. The molecule has 5 rings (SSSR count). The van der Waals surface area contributed by atoms with Crippen LogP contribution in [0.15, 0.2) is 109 Å². The summed E-state index contributed by atoms with van der Waals surface area (Å²) in [6.45, 7) is 2.86. The monoisotopic (exact) mass is 546 g/mol. The molecule has 5 aromatic rings.